The van der Waals surface area contributed by atoms with Crippen molar-refractivity contribution in [2.24, 2.45) is 0 Å². The third-order valence-electron chi connectivity index (χ3n) is 1.69. The zero-order chi connectivity index (χ0) is 8.53. The first-order valence-electron chi connectivity index (χ1n) is 4.62. The molecule has 0 aromatic heterocycles. The van der Waals surface area contributed by atoms with Crippen molar-refractivity contribution in [3.8, 4) is 0 Å². The molecule has 0 aromatic rings. The van der Waals surface area contributed by atoms with E-state index in [1.807, 2.05) is 0 Å². The van der Waals surface area contributed by atoms with Gasteiger partial charge in [-0.3, -0.25) is 0 Å². The molecule has 0 aromatic carbocycles. The third-order valence-corrected chi connectivity index (χ3v) is 1.69. The Balaban J connectivity index is 3.29. The highest BCUT2D eigenvalue weighted by Gasteiger charge is 1.89. The second-order valence-corrected chi connectivity index (χ2v) is 2.94. The summed E-state index contributed by atoms with van der Waals surface area (Å²) in [4.78, 5) is 0. The van der Waals surface area contributed by atoms with Crippen molar-refractivity contribution in [1.29, 1.82) is 0 Å². The van der Waals surface area contributed by atoms with Crippen molar-refractivity contribution >= 4 is 0 Å². The van der Waals surface area contributed by atoms with Gasteiger partial charge in [-0.05, 0) is 25.7 Å². The van der Waals surface area contributed by atoms with Crippen LogP contribution < -0.4 is 0 Å². The van der Waals surface area contributed by atoms with Crippen LogP contribution in [0.5, 0.6) is 0 Å². The first kappa shape index (κ1) is 10.5. The van der Waals surface area contributed by atoms with Crippen LogP contribution in [-0.2, 0) is 0 Å². The van der Waals surface area contributed by atoms with E-state index < -0.39 is 0 Å². The van der Waals surface area contributed by atoms with E-state index in [1.165, 1.54) is 24.8 Å². The number of unbranched alkanes of at least 4 members (excludes halogenated alkanes) is 1. The Hall–Kier alpha value is -0.520. The van der Waals surface area contributed by atoms with E-state index in [9.17, 15) is 0 Å². The lowest BCUT2D eigenvalue weighted by Gasteiger charge is -1.99. The van der Waals surface area contributed by atoms with Crippen molar-refractivity contribution in [2.45, 2.75) is 46.0 Å². The zero-order valence-electron chi connectivity index (χ0n) is 7.90. The summed E-state index contributed by atoms with van der Waals surface area (Å²) in [5.41, 5.74) is 1.37. The lowest BCUT2D eigenvalue weighted by Crippen LogP contribution is -1.78. The van der Waals surface area contributed by atoms with Crippen molar-refractivity contribution in [2.75, 3.05) is 0 Å². The van der Waals surface area contributed by atoms with Gasteiger partial charge in [0.2, 0.25) is 0 Å². The quantitative estimate of drug-likeness (QED) is 0.503. The van der Waals surface area contributed by atoms with Crippen molar-refractivity contribution in [3.63, 3.8) is 0 Å². The van der Waals surface area contributed by atoms with E-state index in [2.05, 4.69) is 32.6 Å². The second-order valence-electron chi connectivity index (χ2n) is 2.94. The van der Waals surface area contributed by atoms with Crippen molar-refractivity contribution in [1.82, 2.24) is 0 Å². The van der Waals surface area contributed by atoms with Gasteiger partial charge in [-0.2, -0.15) is 0 Å². The maximum atomic E-state index is 4.01. The molecule has 0 atom stereocenters. The van der Waals surface area contributed by atoms with Gasteiger partial charge in [-0.25, -0.2) is 0 Å². The van der Waals surface area contributed by atoms with Crippen molar-refractivity contribution in [3.05, 3.63) is 24.3 Å². The van der Waals surface area contributed by atoms with Gasteiger partial charge in [0.05, 0.1) is 0 Å². The molecule has 0 aliphatic carbocycles. The summed E-state index contributed by atoms with van der Waals surface area (Å²) >= 11 is 0. The molecule has 0 N–H and O–H groups in total. The SMILES string of the molecule is C=C(C/C=C/CC)CCCC. The van der Waals surface area contributed by atoms with Gasteiger partial charge in [0.1, 0.15) is 0 Å². The average Bonchev–Trinajstić information content (AvgIpc) is 2.01. The highest BCUT2D eigenvalue weighted by Crippen LogP contribution is 2.09. The van der Waals surface area contributed by atoms with Crippen molar-refractivity contribution < 1.29 is 0 Å². The Morgan fingerprint density at radius 3 is 2.55 bits per heavy atom. The minimum atomic E-state index is 1.08. The van der Waals surface area contributed by atoms with Gasteiger partial charge in [0, 0.05) is 0 Å². The summed E-state index contributed by atoms with van der Waals surface area (Å²) in [6.45, 7) is 8.39. The molecule has 0 saturated carbocycles. The van der Waals surface area contributed by atoms with E-state index in [1.54, 1.807) is 0 Å². The molecule has 0 unspecified atom stereocenters. The van der Waals surface area contributed by atoms with Crippen LogP contribution in [0.25, 0.3) is 0 Å². The topological polar surface area (TPSA) is 0 Å². The summed E-state index contributed by atoms with van der Waals surface area (Å²) in [6, 6.07) is 0. The van der Waals surface area contributed by atoms with Crippen LogP contribution in [-0.4, -0.2) is 0 Å². The molecule has 0 bridgehead atoms. The molecule has 0 heteroatoms. The molecular weight excluding hydrogens is 132 g/mol. The summed E-state index contributed by atoms with van der Waals surface area (Å²) in [5, 5.41) is 0. The minimum Gasteiger partial charge on any atom is -0.0995 e. The Morgan fingerprint density at radius 1 is 1.27 bits per heavy atom. The fourth-order valence-electron chi connectivity index (χ4n) is 0.946. The highest BCUT2D eigenvalue weighted by molar-refractivity contribution is 5.01. The molecule has 0 nitrogen and oxygen atoms in total. The maximum Gasteiger partial charge on any atom is -0.0142 e. The second kappa shape index (κ2) is 7.59. The molecule has 0 aliphatic heterocycles. The van der Waals surface area contributed by atoms with Crippen LogP contribution in [0.2, 0.25) is 0 Å². The van der Waals surface area contributed by atoms with E-state index in [-0.39, 0.29) is 0 Å². The largest absolute Gasteiger partial charge is 0.0995 e. The third kappa shape index (κ3) is 7.38. The number of hydrogen-bond donors (Lipinski definition) is 0. The fraction of sp³-hybridized carbons (Fsp3) is 0.636. The van der Waals surface area contributed by atoms with E-state index >= 15 is 0 Å². The predicted octanol–water partition coefficient (Wildman–Crippen LogP) is 4.09. The fourth-order valence-corrected chi connectivity index (χ4v) is 0.946. The molecule has 0 aliphatic rings. The molecule has 0 radical (unpaired) electrons. The van der Waals surface area contributed by atoms with Gasteiger partial charge in [-0.15, -0.1) is 0 Å². The predicted molar refractivity (Wildman–Crippen MR) is 52.7 cm³/mol. The minimum absolute atomic E-state index is 1.08. The van der Waals surface area contributed by atoms with E-state index in [0.717, 1.165) is 12.8 Å². The normalized spacial score (nSPS) is 10.7. The summed E-state index contributed by atoms with van der Waals surface area (Å²) in [7, 11) is 0. The van der Waals surface area contributed by atoms with Gasteiger partial charge in [-0.1, -0.05) is 44.6 Å². The van der Waals surface area contributed by atoms with Crippen LogP contribution in [0.1, 0.15) is 46.0 Å². The Kier molecular flexibility index (Phi) is 7.23. The van der Waals surface area contributed by atoms with Gasteiger partial charge in [0.15, 0.2) is 0 Å². The Morgan fingerprint density at radius 2 is 2.00 bits per heavy atom. The van der Waals surface area contributed by atoms with Crippen LogP contribution in [0.15, 0.2) is 24.3 Å². The number of hydrogen-bond acceptors (Lipinski definition) is 0. The molecule has 0 fully saturated rings. The van der Waals surface area contributed by atoms with Crippen LogP contribution in [0.4, 0.5) is 0 Å². The van der Waals surface area contributed by atoms with Gasteiger partial charge < -0.3 is 0 Å². The molecule has 0 spiro atoms. The molecule has 0 saturated heterocycles. The lowest BCUT2D eigenvalue weighted by atomic mass is 10.1. The summed E-state index contributed by atoms with van der Waals surface area (Å²) in [5.74, 6) is 0. The Bertz CT molecular complexity index is 120. The van der Waals surface area contributed by atoms with Crippen LogP contribution in [0, 0.1) is 0 Å². The molecule has 64 valence electrons. The van der Waals surface area contributed by atoms with Gasteiger partial charge in [0.25, 0.3) is 0 Å². The highest BCUT2D eigenvalue weighted by atomic mass is 14.0. The first-order valence-corrected chi connectivity index (χ1v) is 4.62. The smallest absolute Gasteiger partial charge is 0.0142 e. The summed E-state index contributed by atoms with van der Waals surface area (Å²) < 4.78 is 0. The number of allylic oxidation sites excluding steroid dienone is 3. The standard InChI is InChI=1S/C11H20/c1-4-6-8-10-11(3)9-7-5-2/h6,8H,3-5,7,9-10H2,1-2H3/b8-6+. The van der Waals surface area contributed by atoms with E-state index in [4.69, 9.17) is 0 Å². The molecule has 0 heterocycles. The molecule has 0 rings (SSSR count). The Labute approximate surface area is 71.0 Å². The maximum absolute atomic E-state index is 4.01. The molecule has 11 heavy (non-hydrogen) atoms. The lowest BCUT2D eigenvalue weighted by molar-refractivity contribution is 0.777. The summed E-state index contributed by atoms with van der Waals surface area (Å²) in [6.07, 6.45) is 10.4. The zero-order valence-corrected chi connectivity index (χ0v) is 7.90. The van der Waals surface area contributed by atoms with Crippen LogP contribution >= 0.6 is 0 Å². The van der Waals surface area contributed by atoms with E-state index in [0.29, 0.717) is 0 Å². The molecular formula is C11H20. The molecule has 0 amide bonds. The monoisotopic (exact) mass is 152 g/mol. The number of rotatable bonds is 6. The van der Waals surface area contributed by atoms with Gasteiger partial charge >= 0.3 is 0 Å². The average molecular weight is 152 g/mol. The first-order chi connectivity index (χ1) is 5.31. The van der Waals surface area contributed by atoms with Crippen LogP contribution in [0.3, 0.4) is 0 Å².